The second-order valence-electron chi connectivity index (χ2n) is 3.53. The Kier molecular flexibility index (Phi) is 3.79. The molecule has 0 saturated heterocycles. The molecule has 0 aromatic carbocycles. The number of carbonyl (C=O) groups is 1. The van der Waals surface area contributed by atoms with Crippen molar-refractivity contribution >= 4 is 5.97 Å². The minimum absolute atomic E-state index is 0.144. The molecular formula is C9H15N3O3. The molecule has 0 aliphatic carbocycles. The van der Waals surface area contributed by atoms with E-state index in [1.165, 1.54) is 0 Å². The van der Waals surface area contributed by atoms with Gasteiger partial charge in [0.25, 0.3) is 0 Å². The summed E-state index contributed by atoms with van der Waals surface area (Å²) in [5, 5.41) is 15.4. The average molecular weight is 213 g/mol. The predicted octanol–water partition coefficient (Wildman–Crippen LogP) is 0.577. The van der Waals surface area contributed by atoms with Crippen LogP contribution in [0.4, 0.5) is 0 Å². The Bertz CT molecular complexity index is 337. The van der Waals surface area contributed by atoms with E-state index in [0.717, 1.165) is 0 Å². The predicted molar refractivity (Wildman–Crippen MR) is 52.1 cm³/mol. The fourth-order valence-corrected chi connectivity index (χ4v) is 1.05. The molecule has 0 amide bonds. The lowest BCUT2D eigenvalue weighted by Crippen LogP contribution is -2.35. The maximum atomic E-state index is 10.7. The molecule has 0 saturated carbocycles. The fourth-order valence-electron chi connectivity index (χ4n) is 1.05. The van der Waals surface area contributed by atoms with E-state index in [9.17, 15) is 4.79 Å². The average Bonchev–Trinajstić information content (AvgIpc) is 2.59. The number of aryl methyl sites for hydroxylation is 1. The van der Waals surface area contributed by atoms with Crippen molar-refractivity contribution in [1.29, 1.82) is 0 Å². The molecule has 6 heteroatoms. The molecule has 1 aromatic rings. The molecule has 1 aromatic heterocycles. The van der Waals surface area contributed by atoms with E-state index >= 15 is 0 Å². The van der Waals surface area contributed by atoms with Crippen molar-refractivity contribution in [3.05, 3.63) is 11.7 Å². The van der Waals surface area contributed by atoms with Crippen LogP contribution >= 0.6 is 0 Å². The summed E-state index contributed by atoms with van der Waals surface area (Å²) >= 11 is 0. The van der Waals surface area contributed by atoms with Gasteiger partial charge in [-0.1, -0.05) is 12.1 Å². The second-order valence-corrected chi connectivity index (χ2v) is 3.53. The maximum Gasteiger partial charge on any atom is 0.307 e. The minimum Gasteiger partial charge on any atom is -0.481 e. The first-order chi connectivity index (χ1) is 7.00. The van der Waals surface area contributed by atoms with Crippen molar-refractivity contribution in [2.24, 2.45) is 5.92 Å². The molecule has 2 unspecified atom stereocenters. The number of nitrogens with zero attached hydrogens (tertiary/aromatic N) is 2. The zero-order chi connectivity index (χ0) is 11.4. The van der Waals surface area contributed by atoms with Crippen LogP contribution in [0.2, 0.25) is 0 Å². The summed E-state index contributed by atoms with van der Waals surface area (Å²) in [6.07, 6.45) is 0. The Morgan fingerprint density at radius 3 is 2.73 bits per heavy atom. The Morgan fingerprint density at radius 1 is 1.60 bits per heavy atom. The molecule has 6 nitrogen and oxygen atoms in total. The van der Waals surface area contributed by atoms with Crippen LogP contribution in [0.3, 0.4) is 0 Å². The molecule has 0 spiro atoms. The van der Waals surface area contributed by atoms with Gasteiger partial charge in [0.1, 0.15) is 0 Å². The Morgan fingerprint density at radius 2 is 2.27 bits per heavy atom. The van der Waals surface area contributed by atoms with Crippen molar-refractivity contribution in [1.82, 2.24) is 15.5 Å². The van der Waals surface area contributed by atoms with Crippen LogP contribution in [0, 0.1) is 12.8 Å². The van der Waals surface area contributed by atoms with Gasteiger partial charge in [0, 0.05) is 6.04 Å². The largest absolute Gasteiger partial charge is 0.481 e. The first-order valence-electron chi connectivity index (χ1n) is 4.76. The lowest BCUT2D eigenvalue weighted by molar-refractivity contribution is -0.141. The number of hydrogen-bond acceptors (Lipinski definition) is 5. The number of aliphatic carboxylic acids is 1. The number of carboxylic acid groups (broad SMARTS) is 1. The third kappa shape index (κ3) is 3.32. The number of carboxylic acids is 1. The molecule has 2 atom stereocenters. The number of aromatic nitrogens is 2. The smallest absolute Gasteiger partial charge is 0.307 e. The Labute approximate surface area is 87.7 Å². The SMILES string of the molecule is Cc1noc(CNC(C)C(C)C(=O)O)n1. The summed E-state index contributed by atoms with van der Waals surface area (Å²) in [5.74, 6) is -0.228. The highest BCUT2D eigenvalue weighted by molar-refractivity contribution is 5.70. The van der Waals surface area contributed by atoms with Gasteiger partial charge in [0.2, 0.25) is 5.89 Å². The van der Waals surface area contributed by atoms with Crippen LogP contribution in [-0.4, -0.2) is 27.3 Å². The van der Waals surface area contributed by atoms with E-state index in [0.29, 0.717) is 18.3 Å². The van der Waals surface area contributed by atoms with Crippen molar-refractivity contribution in [2.45, 2.75) is 33.4 Å². The van der Waals surface area contributed by atoms with Crippen molar-refractivity contribution in [3.8, 4) is 0 Å². The molecule has 0 bridgehead atoms. The van der Waals surface area contributed by atoms with Crippen LogP contribution in [0.5, 0.6) is 0 Å². The fraction of sp³-hybridized carbons (Fsp3) is 0.667. The van der Waals surface area contributed by atoms with Gasteiger partial charge in [-0.3, -0.25) is 4.79 Å². The first-order valence-corrected chi connectivity index (χ1v) is 4.76. The summed E-state index contributed by atoms with van der Waals surface area (Å²) in [6, 6.07) is -0.144. The van der Waals surface area contributed by atoms with E-state index in [4.69, 9.17) is 9.63 Å². The van der Waals surface area contributed by atoms with Crippen molar-refractivity contribution in [2.75, 3.05) is 0 Å². The molecule has 0 fully saturated rings. The van der Waals surface area contributed by atoms with Gasteiger partial charge in [0.15, 0.2) is 5.82 Å². The Balaban J connectivity index is 2.40. The van der Waals surface area contributed by atoms with Gasteiger partial charge in [0.05, 0.1) is 12.5 Å². The van der Waals surface area contributed by atoms with E-state index in [1.807, 2.05) is 6.92 Å². The summed E-state index contributed by atoms with van der Waals surface area (Å²) in [7, 11) is 0. The van der Waals surface area contributed by atoms with E-state index < -0.39 is 11.9 Å². The van der Waals surface area contributed by atoms with E-state index in [-0.39, 0.29) is 6.04 Å². The van der Waals surface area contributed by atoms with E-state index in [2.05, 4.69) is 15.5 Å². The summed E-state index contributed by atoms with van der Waals surface area (Å²) in [6.45, 7) is 5.58. The van der Waals surface area contributed by atoms with Crippen LogP contribution in [0.1, 0.15) is 25.6 Å². The van der Waals surface area contributed by atoms with Gasteiger partial charge in [-0.05, 0) is 13.8 Å². The summed E-state index contributed by atoms with van der Waals surface area (Å²) in [5.41, 5.74) is 0. The van der Waals surface area contributed by atoms with Crippen LogP contribution in [0.15, 0.2) is 4.52 Å². The number of hydrogen-bond donors (Lipinski definition) is 2. The van der Waals surface area contributed by atoms with Crippen LogP contribution in [-0.2, 0) is 11.3 Å². The standard InChI is InChI=1S/C9H15N3O3/c1-5(9(13)14)6(2)10-4-8-11-7(3)12-15-8/h5-6,10H,4H2,1-3H3,(H,13,14). The van der Waals surface area contributed by atoms with Gasteiger partial charge in [-0.15, -0.1) is 0 Å². The van der Waals surface area contributed by atoms with Crippen molar-refractivity contribution in [3.63, 3.8) is 0 Å². The zero-order valence-electron chi connectivity index (χ0n) is 9.02. The minimum atomic E-state index is -0.822. The highest BCUT2D eigenvalue weighted by Crippen LogP contribution is 2.03. The van der Waals surface area contributed by atoms with Crippen LogP contribution < -0.4 is 5.32 Å². The lowest BCUT2D eigenvalue weighted by Gasteiger charge is -2.16. The second kappa shape index (κ2) is 4.88. The van der Waals surface area contributed by atoms with Crippen LogP contribution in [0.25, 0.3) is 0 Å². The molecule has 2 N–H and O–H groups in total. The third-order valence-corrected chi connectivity index (χ3v) is 2.28. The van der Waals surface area contributed by atoms with Gasteiger partial charge < -0.3 is 14.9 Å². The molecule has 0 aliphatic rings. The third-order valence-electron chi connectivity index (χ3n) is 2.28. The topological polar surface area (TPSA) is 88.2 Å². The molecular weight excluding hydrogens is 198 g/mol. The highest BCUT2D eigenvalue weighted by atomic mass is 16.5. The summed E-state index contributed by atoms with van der Waals surface area (Å²) in [4.78, 5) is 14.7. The lowest BCUT2D eigenvalue weighted by atomic mass is 10.0. The first kappa shape index (κ1) is 11.6. The normalized spacial score (nSPS) is 14.9. The highest BCUT2D eigenvalue weighted by Gasteiger charge is 2.19. The molecule has 0 aliphatic heterocycles. The summed E-state index contributed by atoms with van der Waals surface area (Å²) < 4.78 is 4.88. The maximum absolute atomic E-state index is 10.7. The molecule has 1 rings (SSSR count). The monoisotopic (exact) mass is 213 g/mol. The van der Waals surface area contributed by atoms with Gasteiger partial charge in [-0.2, -0.15) is 4.98 Å². The molecule has 0 radical (unpaired) electrons. The van der Waals surface area contributed by atoms with Crippen molar-refractivity contribution < 1.29 is 14.4 Å². The number of rotatable bonds is 5. The Hall–Kier alpha value is -1.43. The zero-order valence-corrected chi connectivity index (χ0v) is 9.02. The van der Waals surface area contributed by atoms with Gasteiger partial charge >= 0.3 is 5.97 Å². The molecule has 15 heavy (non-hydrogen) atoms. The van der Waals surface area contributed by atoms with E-state index in [1.54, 1.807) is 13.8 Å². The molecule has 1 heterocycles. The quantitative estimate of drug-likeness (QED) is 0.743. The molecule has 84 valence electrons. The number of nitrogens with one attached hydrogen (secondary N) is 1. The van der Waals surface area contributed by atoms with Gasteiger partial charge in [-0.25, -0.2) is 0 Å².